The lowest BCUT2D eigenvalue weighted by molar-refractivity contribution is 0.461. The first-order valence-electron chi connectivity index (χ1n) is 8.14. The van der Waals surface area contributed by atoms with E-state index in [2.05, 4.69) is 57.0 Å². The molecule has 0 aliphatic heterocycles. The maximum Gasteiger partial charge on any atom is 0.0946 e. The highest BCUT2D eigenvalue weighted by molar-refractivity contribution is 5.20. The topological polar surface area (TPSA) is 47.7 Å². The Morgan fingerprint density at radius 3 is 2.83 bits per heavy atom. The second kappa shape index (κ2) is 7.75. The highest BCUT2D eigenvalue weighted by atomic mass is 15.3. The van der Waals surface area contributed by atoms with Crippen molar-refractivity contribution in [2.24, 2.45) is 0 Å². The smallest absolute Gasteiger partial charge is 0.0946 e. The van der Waals surface area contributed by atoms with Crippen LogP contribution in [0.4, 0.5) is 0 Å². The molecule has 0 aliphatic carbocycles. The van der Waals surface area contributed by atoms with Crippen LogP contribution < -0.4 is 5.32 Å². The van der Waals surface area contributed by atoms with Crippen LogP contribution in [-0.4, -0.2) is 19.3 Å². The zero-order valence-electron chi connectivity index (χ0n) is 14.0. The van der Waals surface area contributed by atoms with Gasteiger partial charge in [-0.1, -0.05) is 36.4 Å². The van der Waals surface area contributed by atoms with E-state index >= 15 is 0 Å². The van der Waals surface area contributed by atoms with Gasteiger partial charge in [0.2, 0.25) is 0 Å². The summed E-state index contributed by atoms with van der Waals surface area (Å²) in [4.78, 5) is 4.14. The van der Waals surface area contributed by atoms with Gasteiger partial charge < -0.3 is 9.88 Å². The number of nitrogens with zero attached hydrogens (tertiary/aromatic N) is 4. The molecule has 5 heteroatoms. The van der Waals surface area contributed by atoms with Gasteiger partial charge in [-0.05, 0) is 12.5 Å². The lowest BCUT2D eigenvalue weighted by atomic mass is 10.1. The van der Waals surface area contributed by atoms with Gasteiger partial charge in [0.05, 0.1) is 24.6 Å². The Bertz CT molecular complexity index is 758. The van der Waals surface area contributed by atoms with E-state index < -0.39 is 0 Å². The Labute approximate surface area is 142 Å². The average Bonchev–Trinajstić information content (AvgIpc) is 3.22. The molecular weight excluding hydrogens is 298 g/mol. The third-order valence-corrected chi connectivity index (χ3v) is 4.06. The molecule has 3 rings (SSSR count). The number of allylic oxidation sites excluding steroid dienone is 1. The van der Waals surface area contributed by atoms with E-state index in [1.807, 2.05) is 42.5 Å². The fraction of sp³-hybridized carbons (Fsp3) is 0.263. The molecule has 124 valence electrons. The first-order valence-corrected chi connectivity index (χ1v) is 8.14. The standard InChI is InChI=1S/C19H23N5/c1-3-10-24-13-18(16(2)22-24)12-21-19(14-23-11-9-20-15-23)17-7-5-4-6-8-17/h3-9,11,13,15,19,21H,1,10,12,14H2,2H3. The maximum atomic E-state index is 4.52. The van der Waals surface area contributed by atoms with E-state index in [0.717, 1.165) is 25.3 Å². The van der Waals surface area contributed by atoms with Crippen LogP contribution in [0.1, 0.15) is 22.9 Å². The number of aromatic nitrogens is 4. The third-order valence-electron chi connectivity index (χ3n) is 4.06. The molecule has 1 N–H and O–H groups in total. The highest BCUT2D eigenvalue weighted by Gasteiger charge is 2.13. The zero-order chi connectivity index (χ0) is 16.8. The molecular formula is C19H23N5. The highest BCUT2D eigenvalue weighted by Crippen LogP contribution is 2.16. The summed E-state index contributed by atoms with van der Waals surface area (Å²) >= 11 is 0. The summed E-state index contributed by atoms with van der Waals surface area (Å²) in [7, 11) is 0. The fourth-order valence-electron chi connectivity index (χ4n) is 2.77. The van der Waals surface area contributed by atoms with Gasteiger partial charge in [-0.25, -0.2) is 4.98 Å². The summed E-state index contributed by atoms with van der Waals surface area (Å²) in [6.45, 7) is 8.16. The third kappa shape index (κ3) is 4.00. The summed E-state index contributed by atoms with van der Waals surface area (Å²) in [5, 5.41) is 8.18. The molecule has 0 bridgehead atoms. The summed E-state index contributed by atoms with van der Waals surface area (Å²) in [5.41, 5.74) is 3.53. The molecule has 2 heterocycles. The average molecular weight is 321 g/mol. The van der Waals surface area contributed by atoms with Crippen LogP contribution in [0.25, 0.3) is 0 Å². The monoisotopic (exact) mass is 321 g/mol. The van der Waals surface area contributed by atoms with Crippen LogP contribution in [0, 0.1) is 6.92 Å². The van der Waals surface area contributed by atoms with E-state index in [1.165, 1.54) is 11.1 Å². The summed E-state index contributed by atoms with van der Waals surface area (Å²) < 4.78 is 4.02. The maximum absolute atomic E-state index is 4.52. The van der Waals surface area contributed by atoms with Gasteiger partial charge in [0.15, 0.2) is 0 Å². The van der Waals surface area contributed by atoms with Crippen LogP contribution in [0.5, 0.6) is 0 Å². The van der Waals surface area contributed by atoms with Crippen molar-refractivity contribution in [2.75, 3.05) is 0 Å². The van der Waals surface area contributed by atoms with E-state index in [4.69, 9.17) is 0 Å². The van der Waals surface area contributed by atoms with Gasteiger partial charge in [-0.3, -0.25) is 4.68 Å². The van der Waals surface area contributed by atoms with Crippen molar-refractivity contribution in [3.63, 3.8) is 0 Å². The molecule has 5 nitrogen and oxygen atoms in total. The summed E-state index contributed by atoms with van der Waals surface area (Å²) in [6.07, 6.45) is 9.60. The normalized spacial score (nSPS) is 12.2. The molecule has 0 spiro atoms. The van der Waals surface area contributed by atoms with E-state index in [-0.39, 0.29) is 6.04 Å². The largest absolute Gasteiger partial charge is 0.336 e. The zero-order valence-corrected chi connectivity index (χ0v) is 14.0. The van der Waals surface area contributed by atoms with Gasteiger partial charge in [-0.15, -0.1) is 6.58 Å². The molecule has 1 unspecified atom stereocenters. The van der Waals surface area contributed by atoms with Crippen molar-refractivity contribution in [2.45, 2.75) is 32.6 Å². The van der Waals surface area contributed by atoms with Crippen LogP contribution in [0.2, 0.25) is 0 Å². The molecule has 0 radical (unpaired) electrons. The lowest BCUT2D eigenvalue weighted by Crippen LogP contribution is -2.25. The Morgan fingerprint density at radius 1 is 1.29 bits per heavy atom. The summed E-state index contributed by atoms with van der Waals surface area (Å²) in [5.74, 6) is 0. The SMILES string of the molecule is C=CCn1cc(CNC(Cn2ccnc2)c2ccccc2)c(C)n1. The van der Waals surface area contributed by atoms with Gasteiger partial charge in [0, 0.05) is 37.2 Å². The van der Waals surface area contributed by atoms with Crippen molar-refractivity contribution < 1.29 is 0 Å². The van der Waals surface area contributed by atoms with Crippen molar-refractivity contribution in [3.8, 4) is 0 Å². The van der Waals surface area contributed by atoms with Crippen LogP contribution >= 0.6 is 0 Å². The number of hydrogen-bond donors (Lipinski definition) is 1. The summed E-state index contributed by atoms with van der Waals surface area (Å²) in [6, 6.07) is 10.7. The second-order valence-corrected chi connectivity index (χ2v) is 5.85. The Morgan fingerprint density at radius 2 is 2.12 bits per heavy atom. The minimum absolute atomic E-state index is 0.211. The number of hydrogen-bond acceptors (Lipinski definition) is 3. The van der Waals surface area contributed by atoms with Crippen LogP contribution in [-0.2, 0) is 19.6 Å². The molecule has 0 saturated heterocycles. The first kappa shape index (κ1) is 16.2. The minimum Gasteiger partial charge on any atom is -0.336 e. The number of nitrogens with one attached hydrogen (secondary N) is 1. The van der Waals surface area contributed by atoms with Crippen molar-refractivity contribution in [3.05, 3.63) is 84.7 Å². The molecule has 0 amide bonds. The Kier molecular flexibility index (Phi) is 5.23. The molecule has 0 fully saturated rings. The Balaban J connectivity index is 1.73. The fourth-order valence-corrected chi connectivity index (χ4v) is 2.77. The van der Waals surface area contributed by atoms with Gasteiger partial charge in [-0.2, -0.15) is 5.10 Å². The molecule has 3 aromatic rings. The number of aryl methyl sites for hydroxylation is 1. The number of benzene rings is 1. The second-order valence-electron chi connectivity index (χ2n) is 5.85. The minimum atomic E-state index is 0.211. The van der Waals surface area contributed by atoms with Gasteiger partial charge in [0.1, 0.15) is 0 Å². The quantitative estimate of drug-likeness (QED) is 0.649. The number of imidazole rings is 1. The van der Waals surface area contributed by atoms with E-state index in [0.29, 0.717) is 0 Å². The Hall–Kier alpha value is -2.66. The predicted molar refractivity (Wildman–Crippen MR) is 95.4 cm³/mol. The predicted octanol–water partition coefficient (Wildman–Crippen LogP) is 3.11. The lowest BCUT2D eigenvalue weighted by Gasteiger charge is -2.19. The van der Waals surface area contributed by atoms with Crippen LogP contribution in [0.15, 0.2) is 67.9 Å². The van der Waals surface area contributed by atoms with Crippen molar-refractivity contribution in [1.29, 1.82) is 0 Å². The molecule has 24 heavy (non-hydrogen) atoms. The number of rotatable bonds is 8. The van der Waals surface area contributed by atoms with Gasteiger partial charge >= 0.3 is 0 Å². The molecule has 1 aromatic carbocycles. The van der Waals surface area contributed by atoms with E-state index in [1.54, 1.807) is 0 Å². The van der Waals surface area contributed by atoms with Crippen molar-refractivity contribution in [1.82, 2.24) is 24.6 Å². The molecule has 1 atom stereocenters. The molecule has 0 aliphatic rings. The van der Waals surface area contributed by atoms with E-state index in [9.17, 15) is 0 Å². The van der Waals surface area contributed by atoms with Crippen LogP contribution in [0.3, 0.4) is 0 Å². The first-order chi connectivity index (χ1) is 11.8. The molecule has 2 aromatic heterocycles. The molecule has 0 saturated carbocycles. The van der Waals surface area contributed by atoms with Crippen molar-refractivity contribution >= 4 is 0 Å². The van der Waals surface area contributed by atoms with Gasteiger partial charge in [0.25, 0.3) is 0 Å².